The van der Waals surface area contributed by atoms with Crippen molar-refractivity contribution in [2.24, 2.45) is 4.99 Å². The molecule has 0 unspecified atom stereocenters. The lowest BCUT2D eigenvalue weighted by Gasteiger charge is -2.32. The summed E-state index contributed by atoms with van der Waals surface area (Å²) in [6, 6.07) is 17.7. The van der Waals surface area contributed by atoms with Crippen LogP contribution in [0.3, 0.4) is 0 Å². The summed E-state index contributed by atoms with van der Waals surface area (Å²) in [5.74, 6) is 0.636. The fourth-order valence-corrected chi connectivity index (χ4v) is 4.90. The lowest BCUT2D eigenvalue weighted by Crippen LogP contribution is -2.43. The summed E-state index contributed by atoms with van der Waals surface area (Å²) < 4.78 is 1.80. The summed E-state index contributed by atoms with van der Waals surface area (Å²) in [5, 5.41) is 22.5. The van der Waals surface area contributed by atoms with E-state index in [1.165, 1.54) is 0 Å². The zero-order chi connectivity index (χ0) is 25.0. The van der Waals surface area contributed by atoms with E-state index in [0.717, 1.165) is 33.4 Å². The maximum absolute atomic E-state index is 13.1. The standard InChI is InChI=1S/C27H25N7O2/c1-16-12-23-26(36)33(27(2,3)34(23)32-16)19-7-4-17(5-8-19)13-18-6-9-22-20(14-18)21(25(35)30-22)15-28-24-10-11-29-31-24/h4-12,14-15,30,35H,13H2,1-3H3,(H,29,31). The van der Waals surface area contributed by atoms with Crippen LogP contribution in [-0.2, 0) is 12.1 Å². The Bertz CT molecular complexity index is 1620. The van der Waals surface area contributed by atoms with Gasteiger partial charge in [0.25, 0.3) is 5.91 Å². The highest BCUT2D eigenvalue weighted by molar-refractivity contribution is 6.08. The number of carbonyl (C=O) groups excluding carboxylic acids is 1. The average molecular weight is 480 g/mol. The van der Waals surface area contributed by atoms with Crippen LogP contribution in [0, 0.1) is 6.92 Å². The van der Waals surface area contributed by atoms with Gasteiger partial charge >= 0.3 is 0 Å². The molecule has 0 bridgehead atoms. The van der Waals surface area contributed by atoms with Crippen molar-refractivity contribution >= 4 is 34.5 Å². The van der Waals surface area contributed by atoms with E-state index in [1.807, 2.05) is 63.2 Å². The molecule has 0 radical (unpaired) electrons. The lowest BCUT2D eigenvalue weighted by molar-refractivity contribution is 0.0980. The number of H-pyrrole nitrogens is 2. The van der Waals surface area contributed by atoms with Crippen LogP contribution in [0.2, 0.25) is 0 Å². The maximum atomic E-state index is 13.1. The maximum Gasteiger partial charge on any atom is 0.278 e. The Morgan fingerprint density at radius 2 is 1.86 bits per heavy atom. The van der Waals surface area contributed by atoms with Gasteiger partial charge in [0.2, 0.25) is 0 Å². The smallest absolute Gasteiger partial charge is 0.278 e. The van der Waals surface area contributed by atoms with E-state index in [-0.39, 0.29) is 11.8 Å². The van der Waals surface area contributed by atoms with Crippen molar-refractivity contribution in [2.75, 3.05) is 4.90 Å². The van der Waals surface area contributed by atoms with Crippen LogP contribution in [0.1, 0.15) is 46.7 Å². The molecule has 3 aromatic heterocycles. The van der Waals surface area contributed by atoms with Crippen LogP contribution in [0.4, 0.5) is 11.5 Å². The van der Waals surface area contributed by atoms with Crippen LogP contribution < -0.4 is 4.90 Å². The number of anilines is 1. The number of aromatic amines is 2. The number of hydrogen-bond acceptors (Lipinski definition) is 5. The largest absolute Gasteiger partial charge is 0.494 e. The van der Waals surface area contributed by atoms with Crippen molar-refractivity contribution in [3.63, 3.8) is 0 Å². The molecule has 6 rings (SSSR count). The number of hydrogen-bond donors (Lipinski definition) is 3. The molecule has 9 heteroatoms. The fourth-order valence-electron chi connectivity index (χ4n) is 4.90. The highest BCUT2D eigenvalue weighted by Crippen LogP contribution is 2.36. The van der Waals surface area contributed by atoms with Crippen molar-refractivity contribution in [2.45, 2.75) is 32.9 Å². The number of aromatic nitrogens is 5. The minimum atomic E-state index is -0.586. The molecule has 1 aliphatic rings. The van der Waals surface area contributed by atoms with Crippen molar-refractivity contribution in [1.82, 2.24) is 25.0 Å². The summed E-state index contributed by atoms with van der Waals surface area (Å²) in [4.78, 5) is 22.3. The van der Waals surface area contributed by atoms with Gasteiger partial charge in [0.15, 0.2) is 5.88 Å². The molecule has 0 saturated heterocycles. The summed E-state index contributed by atoms with van der Waals surface area (Å²) in [6.45, 7) is 5.89. The molecular weight excluding hydrogens is 454 g/mol. The second kappa shape index (κ2) is 7.94. The zero-order valence-electron chi connectivity index (χ0n) is 20.1. The Morgan fingerprint density at radius 1 is 1.08 bits per heavy atom. The minimum absolute atomic E-state index is 0.0459. The Hall–Kier alpha value is -4.66. The molecule has 1 aliphatic heterocycles. The van der Waals surface area contributed by atoms with Gasteiger partial charge < -0.3 is 10.1 Å². The molecule has 5 aromatic rings. The van der Waals surface area contributed by atoms with Gasteiger partial charge in [-0.25, -0.2) is 9.67 Å². The first-order chi connectivity index (χ1) is 17.3. The lowest BCUT2D eigenvalue weighted by atomic mass is 10.0. The minimum Gasteiger partial charge on any atom is -0.494 e. The SMILES string of the molecule is Cc1cc2n(n1)C(C)(C)N(c1ccc(Cc3ccc4[nH]c(O)c(C=Nc5ccn[nH]5)c4c3)cc1)C2=O. The van der Waals surface area contributed by atoms with E-state index in [0.29, 0.717) is 23.5 Å². The summed E-state index contributed by atoms with van der Waals surface area (Å²) in [7, 11) is 0. The molecule has 180 valence electrons. The molecule has 1 amide bonds. The van der Waals surface area contributed by atoms with Crippen molar-refractivity contribution in [1.29, 1.82) is 0 Å². The highest BCUT2D eigenvalue weighted by Gasteiger charge is 2.44. The number of aliphatic imine (C=N–C) groups is 1. The second-order valence-corrected chi connectivity index (χ2v) is 9.53. The zero-order valence-corrected chi connectivity index (χ0v) is 20.1. The van der Waals surface area contributed by atoms with Crippen LogP contribution in [0.25, 0.3) is 10.9 Å². The average Bonchev–Trinajstić information content (AvgIpc) is 3.60. The molecule has 0 spiro atoms. The molecule has 4 heterocycles. The molecule has 36 heavy (non-hydrogen) atoms. The molecule has 9 nitrogen and oxygen atoms in total. The molecule has 2 aromatic carbocycles. The fraction of sp³-hybridized carbons (Fsp3) is 0.185. The van der Waals surface area contributed by atoms with Crippen molar-refractivity contribution in [3.05, 3.63) is 88.9 Å². The highest BCUT2D eigenvalue weighted by atomic mass is 16.3. The van der Waals surface area contributed by atoms with Gasteiger partial charge in [-0.05, 0) is 68.7 Å². The Labute approximate surface area is 207 Å². The third-order valence-electron chi connectivity index (χ3n) is 6.62. The van der Waals surface area contributed by atoms with E-state index in [1.54, 1.807) is 28.1 Å². The number of amides is 1. The van der Waals surface area contributed by atoms with Crippen LogP contribution in [-0.4, -0.2) is 42.2 Å². The quantitative estimate of drug-likeness (QED) is 0.314. The summed E-state index contributed by atoms with van der Waals surface area (Å²) in [5.41, 5.74) is 5.36. The Balaban J connectivity index is 1.25. The van der Waals surface area contributed by atoms with Gasteiger partial charge in [-0.1, -0.05) is 18.2 Å². The normalized spacial score (nSPS) is 14.9. The van der Waals surface area contributed by atoms with Crippen LogP contribution in [0.5, 0.6) is 5.88 Å². The number of nitrogens with one attached hydrogen (secondary N) is 2. The molecule has 3 N–H and O–H groups in total. The third-order valence-corrected chi connectivity index (χ3v) is 6.62. The van der Waals surface area contributed by atoms with E-state index >= 15 is 0 Å². The van der Waals surface area contributed by atoms with E-state index in [9.17, 15) is 9.90 Å². The van der Waals surface area contributed by atoms with Crippen molar-refractivity contribution < 1.29 is 9.90 Å². The van der Waals surface area contributed by atoms with Gasteiger partial charge in [-0.2, -0.15) is 10.2 Å². The summed E-state index contributed by atoms with van der Waals surface area (Å²) in [6.07, 6.45) is 3.96. The van der Waals surface area contributed by atoms with Gasteiger partial charge in [0.1, 0.15) is 17.2 Å². The van der Waals surface area contributed by atoms with Crippen molar-refractivity contribution in [3.8, 4) is 5.88 Å². The van der Waals surface area contributed by atoms with Gasteiger partial charge in [0, 0.05) is 28.9 Å². The van der Waals surface area contributed by atoms with E-state index < -0.39 is 5.66 Å². The van der Waals surface area contributed by atoms with Gasteiger partial charge in [0.05, 0.1) is 17.5 Å². The summed E-state index contributed by atoms with van der Waals surface area (Å²) >= 11 is 0. The molecule has 0 atom stereocenters. The molecule has 0 saturated carbocycles. The number of benzene rings is 2. The first kappa shape index (κ1) is 21.8. The predicted octanol–water partition coefficient (Wildman–Crippen LogP) is 4.80. The predicted molar refractivity (Wildman–Crippen MR) is 138 cm³/mol. The number of carbonyl (C=O) groups is 1. The number of aromatic hydroxyl groups is 1. The number of aryl methyl sites for hydroxylation is 1. The first-order valence-corrected chi connectivity index (χ1v) is 11.7. The van der Waals surface area contributed by atoms with Crippen LogP contribution in [0.15, 0.2) is 65.8 Å². The monoisotopic (exact) mass is 479 g/mol. The van der Waals surface area contributed by atoms with E-state index in [4.69, 9.17) is 0 Å². The Morgan fingerprint density at radius 3 is 2.58 bits per heavy atom. The van der Waals surface area contributed by atoms with Crippen LogP contribution >= 0.6 is 0 Å². The molecular formula is C27H25N7O2. The van der Waals surface area contributed by atoms with Gasteiger partial charge in [-0.15, -0.1) is 0 Å². The topological polar surface area (TPSA) is 115 Å². The van der Waals surface area contributed by atoms with E-state index in [2.05, 4.69) is 31.3 Å². The number of rotatable bonds is 5. The molecule has 0 fully saturated rings. The number of fused-ring (bicyclic) bond motifs is 2. The first-order valence-electron chi connectivity index (χ1n) is 11.7. The van der Waals surface area contributed by atoms with Gasteiger partial charge in [-0.3, -0.25) is 14.8 Å². The third kappa shape index (κ3) is 3.48. The Kier molecular flexibility index (Phi) is 4.82. The number of nitrogens with zero attached hydrogens (tertiary/aromatic N) is 5. The second-order valence-electron chi connectivity index (χ2n) is 9.53. The molecule has 0 aliphatic carbocycles.